The molecule has 4 unspecified atom stereocenters. The Labute approximate surface area is 136 Å². The molecule has 1 amide bonds. The minimum Gasteiger partial charge on any atom is -0.467 e. The Morgan fingerprint density at radius 1 is 1.35 bits per heavy atom. The highest BCUT2D eigenvalue weighted by Crippen LogP contribution is 2.48. The van der Waals surface area contributed by atoms with Crippen molar-refractivity contribution in [1.82, 2.24) is 5.32 Å². The third-order valence-electron chi connectivity index (χ3n) is 4.55. The van der Waals surface area contributed by atoms with Gasteiger partial charge in [0.2, 0.25) is 5.91 Å². The molecule has 1 saturated carbocycles. The quantitative estimate of drug-likeness (QED) is 0.860. The van der Waals surface area contributed by atoms with Crippen molar-refractivity contribution in [3.8, 4) is 0 Å². The standard InChI is InChI=1S/C19H23NO3/c1-12-6-3-4-7-14(12)15-11-16(15)19(22)20-13(2)10-17(21)18-8-5-9-23-18/h3-9,13,15-17,21H,10-11H2,1-2H3,(H,20,22). The number of aliphatic hydroxyl groups is 1. The number of benzene rings is 1. The van der Waals surface area contributed by atoms with E-state index in [1.165, 1.54) is 11.1 Å². The number of nitrogens with one attached hydrogen (secondary N) is 1. The molecule has 1 aromatic heterocycles. The monoisotopic (exact) mass is 313 g/mol. The zero-order valence-corrected chi connectivity index (χ0v) is 13.5. The number of carbonyl (C=O) groups excluding carboxylic acids is 1. The SMILES string of the molecule is Cc1ccccc1C1CC1C(=O)NC(C)CC(O)c1ccco1. The van der Waals surface area contributed by atoms with Gasteiger partial charge in [-0.05, 0) is 49.4 Å². The van der Waals surface area contributed by atoms with Crippen LogP contribution >= 0.6 is 0 Å². The van der Waals surface area contributed by atoms with Crippen molar-refractivity contribution >= 4 is 5.91 Å². The first kappa shape index (κ1) is 15.8. The van der Waals surface area contributed by atoms with Gasteiger partial charge in [-0.15, -0.1) is 0 Å². The molecule has 122 valence electrons. The van der Waals surface area contributed by atoms with Gasteiger partial charge < -0.3 is 14.8 Å². The lowest BCUT2D eigenvalue weighted by molar-refractivity contribution is -0.123. The van der Waals surface area contributed by atoms with Crippen LogP contribution in [0.1, 0.15) is 48.7 Å². The van der Waals surface area contributed by atoms with Crippen molar-refractivity contribution in [3.63, 3.8) is 0 Å². The Balaban J connectivity index is 1.51. The second-order valence-corrected chi connectivity index (χ2v) is 6.48. The normalized spacial score (nSPS) is 22.4. The molecule has 0 bridgehead atoms. The summed E-state index contributed by atoms with van der Waals surface area (Å²) in [4.78, 5) is 12.4. The highest BCUT2D eigenvalue weighted by molar-refractivity contribution is 5.83. The first-order valence-electron chi connectivity index (χ1n) is 8.13. The number of amides is 1. The van der Waals surface area contributed by atoms with E-state index in [2.05, 4.69) is 24.4 Å². The number of hydrogen-bond acceptors (Lipinski definition) is 3. The Morgan fingerprint density at radius 3 is 2.83 bits per heavy atom. The third kappa shape index (κ3) is 3.64. The fraction of sp³-hybridized carbons (Fsp3) is 0.421. The van der Waals surface area contributed by atoms with Gasteiger partial charge in [0.15, 0.2) is 0 Å². The van der Waals surface area contributed by atoms with E-state index < -0.39 is 6.10 Å². The predicted octanol–water partition coefficient (Wildman–Crippen LogP) is 3.32. The van der Waals surface area contributed by atoms with E-state index >= 15 is 0 Å². The molecular formula is C19H23NO3. The van der Waals surface area contributed by atoms with Crippen LogP contribution in [0.4, 0.5) is 0 Å². The minimum absolute atomic E-state index is 0.0549. The molecule has 4 atom stereocenters. The highest BCUT2D eigenvalue weighted by atomic mass is 16.4. The lowest BCUT2D eigenvalue weighted by Gasteiger charge is -2.17. The predicted molar refractivity (Wildman–Crippen MR) is 87.9 cm³/mol. The molecule has 2 aromatic rings. The lowest BCUT2D eigenvalue weighted by atomic mass is 10.0. The number of carbonyl (C=O) groups is 1. The van der Waals surface area contributed by atoms with Crippen LogP contribution in [0.3, 0.4) is 0 Å². The third-order valence-corrected chi connectivity index (χ3v) is 4.55. The summed E-state index contributed by atoms with van der Waals surface area (Å²) in [6.45, 7) is 4.00. The molecule has 4 heteroatoms. The second kappa shape index (κ2) is 6.59. The van der Waals surface area contributed by atoms with Crippen LogP contribution in [0.2, 0.25) is 0 Å². The molecule has 3 rings (SSSR count). The van der Waals surface area contributed by atoms with Crippen LogP contribution in [0.25, 0.3) is 0 Å². The summed E-state index contributed by atoms with van der Waals surface area (Å²) in [5, 5.41) is 13.1. The topological polar surface area (TPSA) is 62.5 Å². The van der Waals surface area contributed by atoms with Crippen LogP contribution in [0.5, 0.6) is 0 Å². The number of aryl methyl sites for hydroxylation is 1. The molecule has 0 radical (unpaired) electrons. The van der Waals surface area contributed by atoms with Crippen molar-refractivity contribution in [2.75, 3.05) is 0 Å². The molecule has 0 spiro atoms. The van der Waals surface area contributed by atoms with Gasteiger partial charge in [-0.2, -0.15) is 0 Å². The van der Waals surface area contributed by atoms with E-state index in [4.69, 9.17) is 4.42 Å². The van der Waals surface area contributed by atoms with Gasteiger partial charge >= 0.3 is 0 Å². The summed E-state index contributed by atoms with van der Waals surface area (Å²) in [6.07, 6.45) is 2.20. The first-order chi connectivity index (χ1) is 11.1. The molecule has 1 fully saturated rings. The van der Waals surface area contributed by atoms with E-state index in [0.717, 1.165) is 6.42 Å². The number of hydrogen-bond donors (Lipinski definition) is 2. The summed E-state index contributed by atoms with van der Waals surface area (Å²) in [5.41, 5.74) is 2.52. The zero-order chi connectivity index (χ0) is 16.4. The molecule has 2 N–H and O–H groups in total. The molecule has 1 aliphatic rings. The summed E-state index contributed by atoms with van der Waals surface area (Å²) >= 11 is 0. The van der Waals surface area contributed by atoms with Crippen LogP contribution in [-0.2, 0) is 4.79 Å². The van der Waals surface area contributed by atoms with Gasteiger partial charge in [0.1, 0.15) is 11.9 Å². The van der Waals surface area contributed by atoms with Crippen LogP contribution in [-0.4, -0.2) is 17.1 Å². The Bertz CT molecular complexity index is 665. The van der Waals surface area contributed by atoms with Crippen molar-refractivity contribution in [2.45, 2.75) is 44.8 Å². The lowest BCUT2D eigenvalue weighted by Crippen LogP contribution is -2.35. The summed E-state index contributed by atoms with van der Waals surface area (Å²) in [7, 11) is 0. The van der Waals surface area contributed by atoms with Gasteiger partial charge in [-0.3, -0.25) is 4.79 Å². The van der Waals surface area contributed by atoms with Gasteiger partial charge in [0.05, 0.1) is 6.26 Å². The minimum atomic E-state index is -0.688. The molecule has 1 heterocycles. The molecule has 1 aromatic carbocycles. The number of aliphatic hydroxyl groups excluding tert-OH is 1. The number of furan rings is 1. The van der Waals surface area contributed by atoms with E-state index in [9.17, 15) is 9.90 Å². The van der Waals surface area contributed by atoms with Crippen LogP contribution < -0.4 is 5.32 Å². The smallest absolute Gasteiger partial charge is 0.223 e. The first-order valence-corrected chi connectivity index (χ1v) is 8.13. The average Bonchev–Trinajstić information content (AvgIpc) is 3.11. The second-order valence-electron chi connectivity index (χ2n) is 6.48. The average molecular weight is 313 g/mol. The van der Waals surface area contributed by atoms with Crippen molar-refractivity contribution in [1.29, 1.82) is 0 Å². The molecule has 4 nitrogen and oxygen atoms in total. The van der Waals surface area contributed by atoms with E-state index in [1.807, 2.05) is 19.1 Å². The van der Waals surface area contributed by atoms with Crippen molar-refractivity contribution < 1.29 is 14.3 Å². The Morgan fingerprint density at radius 2 is 2.13 bits per heavy atom. The molecule has 0 saturated heterocycles. The zero-order valence-electron chi connectivity index (χ0n) is 13.5. The van der Waals surface area contributed by atoms with Gasteiger partial charge in [-0.1, -0.05) is 24.3 Å². The van der Waals surface area contributed by atoms with E-state index in [0.29, 0.717) is 18.1 Å². The fourth-order valence-corrected chi connectivity index (χ4v) is 3.17. The van der Waals surface area contributed by atoms with Crippen molar-refractivity contribution in [2.24, 2.45) is 5.92 Å². The van der Waals surface area contributed by atoms with E-state index in [1.54, 1.807) is 18.4 Å². The number of rotatable bonds is 6. The summed E-state index contributed by atoms with van der Waals surface area (Å²) < 4.78 is 5.19. The maximum absolute atomic E-state index is 12.4. The van der Waals surface area contributed by atoms with Crippen LogP contribution in [0, 0.1) is 12.8 Å². The molecular weight excluding hydrogens is 290 g/mol. The van der Waals surface area contributed by atoms with Crippen molar-refractivity contribution in [3.05, 3.63) is 59.5 Å². The highest BCUT2D eigenvalue weighted by Gasteiger charge is 2.44. The Kier molecular flexibility index (Phi) is 4.53. The van der Waals surface area contributed by atoms with Gasteiger partial charge in [-0.25, -0.2) is 0 Å². The Hall–Kier alpha value is -2.07. The van der Waals surface area contributed by atoms with E-state index in [-0.39, 0.29) is 17.9 Å². The maximum Gasteiger partial charge on any atom is 0.223 e. The molecule has 1 aliphatic carbocycles. The summed E-state index contributed by atoms with van der Waals surface area (Å²) in [5.74, 6) is 1.01. The molecule has 0 aliphatic heterocycles. The fourth-order valence-electron chi connectivity index (χ4n) is 3.17. The largest absolute Gasteiger partial charge is 0.467 e. The van der Waals surface area contributed by atoms with Gasteiger partial charge in [0, 0.05) is 18.4 Å². The van der Waals surface area contributed by atoms with Crippen LogP contribution in [0.15, 0.2) is 47.1 Å². The maximum atomic E-state index is 12.4. The summed E-state index contributed by atoms with van der Waals surface area (Å²) in [6, 6.07) is 11.6. The van der Waals surface area contributed by atoms with Gasteiger partial charge in [0.25, 0.3) is 0 Å². The molecule has 23 heavy (non-hydrogen) atoms.